The Balaban J connectivity index is 2.46. The highest BCUT2D eigenvalue weighted by Gasteiger charge is 2.30. The summed E-state index contributed by atoms with van der Waals surface area (Å²) >= 11 is 0. The van der Waals surface area contributed by atoms with Crippen molar-refractivity contribution in [2.75, 3.05) is 13.2 Å². The molecule has 0 bridgehead atoms. The first-order valence-electron chi connectivity index (χ1n) is 7.72. The predicted octanol–water partition coefficient (Wildman–Crippen LogP) is 2.49. The van der Waals surface area contributed by atoms with Crippen LogP contribution in [0.1, 0.15) is 31.4 Å². The fourth-order valence-corrected chi connectivity index (χ4v) is 2.42. The van der Waals surface area contributed by atoms with Gasteiger partial charge in [0.05, 0.1) is 42.0 Å². The molecule has 1 aromatic rings. The van der Waals surface area contributed by atoms with Gasteiger partial charge in [0, 0.05) is 11.8 Å². The van der Waals surface area contributed by atoms with E-state index in [-0.39, 0.29) is 25.2 Å². The van der Waals surface area contributed by atoms with E-state index in [2.05, 4.69) is 11.1 Å². The maximum Gasteiger partial charge on any atom is 0.336 e. The molecule has 1 aliphatic rings. The smallest absolute Gasteiger partial charge is 0.336 e. The fourth-order valence-electron chi connectivity index (χ4n) is 2.42. The van der Waals surface area contributed by atoms with Crippen LogP contribution in [0, 0.1) is 17.2 Å². The van der Waals surface area contributed by atoms with Crippen LogP contribution in [0.5, 0.6) is 0 Å². The summed E-state index contributed by atoms with van der Waals surface area (Å²) in [5.41, 5.74) is 1.59. The standard InChI is InChI=1S/C18H18N2O4/c1-3-23-17(21)13-9-15(18(22)24-4-2)16(20-11-13)14-8-6-5-7-12(14)10-19/h5-8,11,13H,3-4,9H2,1-2H3. The van der Waals surface area contributed by atoms with E-state index >= 15 is 0 Å². The van der Waals surface area contributed by atoms with Gasteiger partial charge in [-0.2, -0.15) is 5.26 Å². The molecule has 1 heterocycles. The molecule has 0 amide bonds. The summed E-state index contributed by atoms with van der Waals surface area (Å²) in [7, 11) is 0. The van der Waals surface area contributed by atoms with Crippen LogP contribution in [-0.2, 0) is 19.1 Å². The number of carbonyl (C=O) groups is 2. The third kappa shape index (κ3) is 3.69. The van der Waals surface area contributed by atoms with Gasteiger partial charge in [-0.25, -0.2) is 4.79 Å². The summed E-state index contributed by atoms with van der Waals surface area (Å²) in [5, 5.41) is 9.27. The molecule has 24 heavy (non-hydrogen) atoms. The lowest BCUT2D eigenvalue weighted by Crippen LogP contribution is -2.25. The van der Waals surface area contributed by atoms with E-state index in [0.29, 0.717) is 16.8 Å². The Kier molecular flexibility index (Phi) is 5.85. The number of ether oxygens (including phenoxy) is 2. The van der Waals surface area contributed by atoms with Gasteiger partial charge < -0.3 is 9.47 Å². The molecule has 1 aromatic carbocycles. The molecule has 0 aliphatic carbocycles. The molecular formula is C18H18N2O4. The molecule has 0 spiro atoms. The molecular weight excluding hydrogens is 308 g/mol. The highest BCUT2D eigenvalue weighted by Crippen LogP contribution is 2.31. The minimum atomic E-state index is -0.637. The molecule has 0 fully saturated rings. The molecule has 6 heteroatoms. The number of aliphatic imine (C=N–C) groups is 1. The molecule has 1 atom stereocenters. The lowest BCUT2D eigenvalue weighted by Gasteiger charge is -2.20. The van der Waals surface area contributed by atoms with Crippen LogP contribution >= 0.6 is 0 Å². The number of rotatable bonds is 5. The molecule has 0 N–H and O–H groups in total. The maximum atomic E-state index is 12.3. The Hall–Kier alpha value is -2.94. The van der Waals surface area contributed by atoms with Crippen molar-refractivity contribution >= 4 is 23.9 Å². The zero-order chi connectivity index (χ0) is 17.5. The number of carbonyl (C=O) groups excluding carboxylic acids is 2. The molecule has 0 saturated heterocycles. The average Bonchev–Trinajstić information content (AvgIpc) is 2.61. The highest BCUT2D eigenvalue weighted by molar-refractivity contribution is 6.04. The SMILES string of the molecule is CCOC(=O)C1=C(c2ccccc2C#N)N=CC(C(=O)OCC)C1. The van der Waals surface area contributed by atoms with E-state index in [1.54, 1.807) is 38.1 Å². The third-order valence-electron chi connectivity index (χ3n) is 3.51. The second kappa shape index (κ2) is 8.06. The van der Waals surface area contributed by atoms with Gasteiger partial charge in [0.2, 0.25) is 0 Å². The first-order valence-corrected chi connectivity index (χ1v) is 7.72. The normalized spacial score (nSPS) is 16.5. The van der Waals surface area contributed by atoms with Crippen molar-refractivity contribution in [3.8, 4) is 6.07 Å². The summed E-state index contributed by atoms with van der Waals surface area (Å²) in [6, 6.07) is 8.95. The van der Waals surface area contributed by atoms with Crippen LogP contribution in [0.4, 0.5) is 0 Å². The van der Waals surface area contributed by atoms with Crippen LogP contribution in [-0.4, -0.2) is 31.4 Å². The van der Waals surface area contributed by atoms with E-state index in [9.17, 15) is 14.9 Å². The Labute approximate surface area is 140 Å². The number of hydrogen-bond donors (Lipinski definition) is 0. The molecule has 2 rings (SSSR count). The minimum Gasteiger partial charge on any atom is -0.465 e. The van der Waals surface area contributed by atoms with E-state index in [1.165, 1.54) is 6.21 Å². The largest absolute Gasteiger partial charge is 0.465 e. The molecule has 6 nitrogen and oxygen atoms in total. The van der Waals surface area contributed by atoms with Gasteiger partial charge in [-0.3, -0.25) is 9.79 Å². The maximum absolute atomic E-state index is 12.3. The number of benzene rings is 1. The van der Waals surface area contributed by atoms with E-state index in [0.717, 1.165) is 0 Å². The van der Waals surface area contributed by atoms with Crippen molar-refractivity contribution in [2.24, 2.45) is 10.9 Å². The minimum absolute atomic E-state index is 0.135. The lowest BCUT2D eigenvalue weighted by molar-refractivity contribution is -0.145. The predicted molar refractivity (Wildman–Crippen MR) is 87.9 cm³/mol. The number of nitriles is 1. The van der Waals surface area contributed by atoms with Gasteiger partial charge in [-0.1, -0.05) is 18.2 Å². The van der Waals surface area contributed by atoms with Gasteiger partial charge in [0.15, 0.2) is 0 Å². The first-order chi connectivity index (χ1) is 11.6. The van der Waals surface area contributed by atoms with Crippen LogP contribution < -0.4 is 0 Å². The summed E-state index contributed by atoms with van der Waals surface area (Å²) < 4.78 is 10.1. The second-order valence-electron chi connectivity index (χ2n) is 5.05. The van der Waals surface area contributed by atoms with E-state index < -0.39 is 17.9 Å². The monoisotopic (exact) mass is 326 g/mol. The average molecular weight is 326 g/mol. The van der Waals surface area contributed by atoms with Crippen molar-refractivity contribution in [1.29, 1.82) is 5.26 Å². The zero-order valence-electron chi connectivity index (χ0n) is 13.6. The van der Waals surface area contributed by atoms with Crippen molar-refractivity contribution in [2.45, 2.75) is 20.3 Å². The Morgan fingerprint density at radius 2 is 1.96 bits per heavy atom. The van der Waals surface area contributed by atoms with Gasteiger partial charge in [-0.05, 0) is 26.3 Å². The zero-order valence-corrected chi connectivity index (χ0v) is 13.6. The molecule has 1 aliphatic heterocycles. The summed E-state index contributed by atoms with van der Waals surface area (Å²) in [6.07, 6.45) is 1.60. The Morgan fingerprint density at radius 1 is 1.25 bits per heavy atom. The van der Waals surface area contributed by atoms with Crippen LogP contribution in [0.3, 0.4) is 0 Å². The summed E-state index contributed by atoms with van der Waals surface area (Å²) in [5.74, 6) is -1.61. The van der Waals surface area contributed by atoms with Crippen LogP contribution in [0.2, 0.25) is 0 Å². The van der Waals surface area contributed by atoms with E-state index in [4.69, 9.17) is 9.47 Å². The summed E-state index contributed by atoms with van der Waals surface area (Å²) in [6.45, 7) is 3.89. The number of hydrogen-bond acceptors (Lipinski definition) is 6. The number of esters is 2. The van der Waals surface area contributed by atoms with Crippen molar-refractivity contribution in [3.05, 3.63) is 41.0 Å². The lowest BCUT2D eigenvalue weighted by atomic mass is 9.92. The highest BCUT2D eigenvalue weighted by atomic mass is 16.5. The van der Waals surface area contributed by atoms with Gasteiger partial charge in [0.25, 0.3) is 0 Å². The molecule has 0 aromatic heterocycles. The molecule has 1 unspecified atom stereocenters. The molecule has 0 saturated carbocycles. The van der Waals surface area contributed by atoms with Crippen LogP contribution in [0.25, 0.3) is 5.70 Å². The van der Waals surface area contributed by atoms with Crippen LogP contribution in [0.15, 0.2) is 34.8 Å². The summed E-state index contributed by atoms with van der Waals surface area (Å²) in [4.78, 5) is 28.5. The van der Waals surface area contributed by atoms with Crippen molar-refractivity contribution < 1.29 is 19.1 Å². The molecule has 0 radical (unpaired) electrons. The van der Waals surface area contributed by atoms with E-state index in [1.807, 2.05) is 0 Å². The number of nitrogens with zero attached hydrogens (tertiary/aromatic N) is 2. The first kappa shape index (κ1) is 17.4. The molecule has 124 valence electrons. The van der Waals surface area contributed by atoms with Gasteiger partial charge >= 0.3 is 11.9 Å². The quantitative estimate of drug-likeness (QED) is 0.776. The Bertz CT molecular complexity index is 744. The second-order valence-corrected chi connectivity index (χ2v) is 5.05. The van der Waals surface area contributed by atoms with Crippen molar-refractivity contribution in [3.63, 3.8) is 0 Å². The fraction of sp³-hybridized carbons (Fsp3) is 0.333. The van der Waals surface area contributed by atoms with Gasteiger partial charge in [-0.15, -0.1) is 0 Å². The van der Waals surface area contributed by atoms with Crippen molar-refractivity contribution in [1.82, 2.24) is 0 Å². The topological polar surface area (TPSA) is 88.8 Å². The Morgan fingerprint density at radius 3 is 2.62 bits per heavy atom. The third-order valence-corrected chi connectivity index (χ3v) is 3.51. The van der Waals surface area contributed by atoms with Gasteiger partial charge in [0.1, 0.15) is 0 Å².